The number of hydrogen-bond donors (Lipinski definition) is 2. The van der Waals surface area contributed by atoms with Crippen molar-refractivity contribution in [3.05, 3.63) is 41.8 Å². The van der Waals surface area contributed by atoms with Crippen molar-refractivity contribution in [2.45, 2.75) is 30.7 Å². The zero-order chi connectivity index (χ0) is 19.5. The lowest BCUT2D eigenvalue weighted by Crippen LogP contribution is -2.24. The minimum absolute atomic E-state index is 0.140. The maximum absolute atomic E-state index is 12.6. The number of hydrogen-bond acceptors (Lipinski definition) is 8. The Balaban J connectivity index is 1.58. The molecule has 1 unspecified atom stereocenters. The van der Waals surface area contributed by atoms with Crippen LogP contribution in [0.3, 0.4) is 0 Å². The van der Waals surface area contributed by atoms with Crippen LogP contribution in [0.4, 0.5) is 5.13 Å². The number of anilines is 1. The highest BCUT2D eigenvalue weighted by Crippen LogP contribution is 2.35. The van der Waals surface area contributed by atoms with E-state index in [1.807, 2.05) is 26.0 Å². The van der Waals surface area contributed by atoms with Gasteiger partial charge in [0, 0.05) is 0 Å². The number of carbonyl (C=O) groups excluding carboxylic acids is 1. The fourth-order valence-electron chi connectivity index (χ4n) is 2.59. The zero-order valence-corrected chi connectivity index (χ0v) is 16.8. The third-order valence-electron chi connectivity index (χ3n) is 3.88. The van der Waals surface area contributed by atoms with Crippen molar-refractivity contribution >= 4 is 34.1 Å². The van der Waals surface area contributed by atoms with Crippen LogP contribution in [-0.2, 0) is 4.79 Å². The van der Waals surface area contributed by atoms with Crippen LogP contribution in [-0.4, -0.2) is 31.3 Å². The smallest absolute Gasteiger partial charge is 0.239 e. The molecule has 4 rings (SSSR count). The van der Waals surface area contributed by atoms with E-state index in [9.17, 15) is 4.79 Å². The summed E-state index contributed by atoms with van der Waals surface area (Å²) in [5.74, 6) is 1.13. The molecule has 8 nitrogen and oxygen atoms in total. The van der Waals surface area contributed by atoms with Gasteiger partial charge in [0.05, 0.1) is 17.8 Å². The fourth-order valence-corrected chi connectivity index (χ4v) is 4.09. The number of carbonyl (C=O) groups is 1. The van der Waals surface area contributed by atoms with E-state index < -0.39 is 0 Å². The van der Waals surface area contributed by atoms with Crippen molar-refractivity contribution in [1.82, 2.24) is 20.2 Å². The first kappa shape index (κ1) is 18.5. The second kappa shape index (κ2) is 8.03. The fraction of sp³-hybridized carbons (Fsp3) is 0.222. The van der Waals surface area contributed by atoms with Crippen LogP contribution in [0, 0.1) is 6.92 Å². The standard InChI is InChI=1S/C18H17N5O3S2/c1-3-13(16(24)21-18-23-22-10(2)27-18)28-17-19-14(11-6-4-8-25-11)15(20-17)12-7-5-9-26-12/h4-9,13H,3H2,1-2H3,(H,19,20)(H,21,23,24). The molecule has 4 aromatic rings. The van der Waals surface area contributed by atoms with Gasteiger partial charge in [0.15, 0.2) is 16.7 Å². The molecule has 10 heteroatoms. The zero-order valence-electron chi connectivity index (χ0n) is 15.1. The molecule has 0 spiro atoms. The van der Waals surface area contributed by atoms with E-state index in [1.165, 1.54) is 23.1 Å². The van der Waals surface area contributed by atoms with Gasteiger partial charge < -0.3 is 13.8 Å². The van der Waals surface area contributed by atoms with Crippen molar-refractivity contribution in [3.8, 4) is 22.9 Å². The molecule has 2 N–H and O–H groups in total. The number of furan rings is 2. The predicted molar refractivity (Wildman–Crippen MR) is 107 cm³/mol. The summed E-state index contributed by atoms with van der Waals surface area (Å²) in [6, 6.07) is 7.28. The molecule has 144 valence electrons. The molecule has 28 heavy (non-hydrogen) atoms. The number of thioether (sulfide) groups is 1. The quantitative estimate of drug-likeness (QED) is 0.424. The monoisotopic (exact) mass is 415 g/mol. The van der Waals surface area contributed by atoms with Gasteiger partial charge in [-0.1, -0.05) is 30.0 Å². The Kier molecular flexibility index (Phi) is 5.31. The van der Waals surface area contributed by atoms with Crippen molar-refractivity contribution in [2.75, 3.05) is 5.32 Å². The molecular formula is C18H17N5O3S2. The van der Waals surface area contributed by atoms with Crippen molar-refractivity contribution in [3.63, 3.8) is 0 Å². The van der Waals surface area contributed by atoms with Crippen LogP contribution in [0.2, 0.25) is 0 Å². The molecule has 4 heterocycles. The van der Waals surface area contributed by atoms with E-state index >= 15 is 0 Å². The summed E-state index contributed by atoms with van der Waals surface area (Å²) < 4.78 is 11.0. The van der Waals surface area contributed by atoms with Gasteiger partial charge in [0.25, 0.3) is 0 Å². The van der Waals surface area contributed by atoms with Gasteiger partial charge in [0.2, 0.25) is 11.0 Å². The first-order valence-electron chi connectivity index (χ1n) is 8.59. The normalized spacial score (nSPS) is 12.2. The molecule has 1 amide bonds. The average molecular weight is 416 g/mol. The number of nitrogens with one attached hydrogen (secondary N) is 2. The lowest BCUT2D eigenvalue weighted by Gasteiger charge is -2.11. The summed E-state index contributed by atoms with van der Waals surface area (Å²) in [5, 5.41) is 12.2. The van der Waals surface area contributed by atoms with E-state index in [4.69, 9.17) is 8.83 Å². The third-order valence-corrected chi connectivity index (χ3v) is 5.88. The molecule has 0 saturated heterocycles. The van der Waals surface area contributed by atoms with E-state index in [1.54, 1.807) is 24.7 Å². The maximum atomic E-state index is 12.6. The summed E-state index contributed by atoms with van der Waals surface area (Å²) >= 11 is 2.69. The van der Waals surface area contributed by atoms with Crippen molar-refractivity contribution in [2.24, 2.45) is 0 Å². The Labute approximate surface area is 168 Å². The maximum Gasteiger partial charge on any atom is 0.239 e. The van der Waals surface area contributed by atoms with Crippen LogP contribution in [0.15, 0.2) is 50.8 Å². The van der Waals surface area contributed by atoms with Gasteiger partial charge in [-0.2, -0.15) is 0 Å². The van der Waals surface area contributed by atoms with E-state index in [-0.39, 0.29) is 11.2 Å². The van der Waals surface area contributed by atoms with Gasteiger partial charge in [-0.25, -0.2) is 4.98 Å². The van der Waals surface area contributed by atoms with Gasteiger partial charge in [-0.05, 0) is 37.6 Å². The highest BCUT2D eigenvalue weighted by molar-refractivity contribution is 8.00. The summed E-state index contributed by atoms with van der Waals surface area (Å²) in [7, 11) is 0. The van der Waals surface area contributed by atoms with Crippen molar-refractivity contribution in [1.29, 1.82) is 0 Å². The molecule has 0 saturated carbocycles. The average Bonchev–Trinajstić information content (AvgIpc) is 3.45. The predicted octanol–water partition coefficient (Wildman–Crippen LogP) is 4.60. The van der Waals surface area contributed by atoms with Crippen LogP contribution < -0.4 is 5.32 Å². The summed E-state index contributed by atoms with van der Waals surface area (Å²) in [5.41, 5.74) is 1.34. The Hall–Kier alpha value is -2.85. The summed E-state index contributed by atoms with van der Waals surface area (Å²) in [6.07, 6.45) is 3.82. The Morgan fingerprint density at radius 3 is 2.61 bits per heavy atom. The second-order valence-corrected chi connectivity index (χ2v) is 8.22. The number of H-pyrrole nitrogens is 1. The molecule has 0 fully saturated rings. The molecule has 0 aliphatic carbocycles. The van der Waals surface area contributed by atoms with Crippen LogP contribution in [0.5, 0.6) is 0 Å². The van der Waals surface area contributed by atoms with Gasteiger partial charge in [0.1, 0.15) is 16.4 Å². The lowest BCUT2D eigenvalue weighted by molar-refractivity contribution is -0.115. The molecule has 1 atom stereocenters. The Bertz CT molecular complexity index is 1000. The number of imidazole rings is 1. The molecule has 4 aromatic heterocycles. The molecule has 0 bridgehead atoms. The third kappa shape index (κ3) is 3.87. The molecule has 0 aromatic carbocycles. The SMILES string of the molecule is CCC(Sc1nc(-c2ccco2)c(-c2ccco2)[nH]1)C(=O)Nc1nnc(C)s1. The Morgan fingerprint density at radius 1 is 1.25 bits per heavy atom. The van der Waals surface area contributed by atoms with Gasteiger partial charge in [-0.3, -0.25) is 10.1 Å². The minimum atomic E-state index is -0.343. The van der Waals surface area contributed by atoms with E-state index in [0.717, 1.165) is 5.01 Å². The molecule has 0 aliphatic rings. The highest BCUT2D eigenvalue weighted by atomic mass is 32.2. The number of amides is 1. The molecule has 0 aliphatic heterocycles. The number of rotatable bonds is 7. The molecule has 0 radical (unpaired) electrons. The van der Waals surface area contributed by atoms with Crippen LogP contribution >= 0.6 is 23.1 Å². The van der Waals surface area contributed by atoms with Gasteiger partial charge >= 0.3 is 0 Å². The van der Waals surface area contributed by atoms with Gasteiger partial charge in [-0.15, -0.1) is 10.2 Å². The Morgan fingerprint density at radius 2 is 2.00 bits per heavy atom. The second-order valence-electron chi connectivity index (χ2n) is 5.85. The van der Waals surface area contributed by atoms with E-state index in [2.05, 4.69) is 25.5 Å². The minimum Gasteiger partial charge on any atom is -0.463 e. The first-order chi connectivity index (χ1) is 13.6. The summed E-state index contributed by atoms with van der Waals surface area (Å²) in [4.78, 5) is 20.5. The first-order valence-corrected chi connectivity index (χ1v) is 10.3. The summed E-state index contributed by atoms with van der Waals surface area (Å²) in [6.45, 7) is 3.79. The van der Waals surface area contributed by atoms with Crippen LogP contribution in [0.25, 0.3) is 22.9 Å². The number of aromatic nitrogens is 4. The molecular weight excluding hydrogens is 398 g/mol. The number of aromatic amines is 1. The topological polar surface area (TPSA) is 110 Å². The largest absolute Gasteiger partial charge is 0.463 e. The van der Waals surface area contributed by atoms with Crippen LogP contribution in [0.1, 0.15) is 18.4 Å². The number of nitrogens with zero attached hydrogens (tertiary/aromatic N) is 3. The lowest BCUT2D eigenvalue weighted by atomic mass is 10.2. The van der Waals surface area contributed by atoms with Crippen molar-refractivity contribution < 1.29 is 13.6 Å². The van der Waals surface area contributed by atoms with E-state index in [0.29, 0.717) is 39.6 Å². The number of aryl methyl sites for hydroxylation is 1. The highest BCUT2D eigenvalue weighted by Gasteiger charge is 2.24.